The molecule has 2 aromatic rings. The molecule has 2 amide bonds. The van der Waals surface area contributed by atoms with E-state index in [1.807, 2.05) is 0 Å². The van der Waals surface area contributed by atoms with Crippen LogP contribution in [0.4, 0.5) is 13.2 Å². The van der Waals surface area contributed by atoms with Gasteiger partial charge >= 0.3 is 12.1 Å². The van der Waals surface area contributed by atoms with Crippen LogP contribution in [0.25, 0.3) is 0 Å². The fourth-order valence-corrected chi connectivity index (χ4v) is 6.42. The molecule has 0 radical (unpaired) electrons. The van der Waals surface area contributed by atoms with E-state index in [2.05, 4.69) is 31.1 Å². The Morgan fingerprint density at radius 2 is 1.79 bits per heavy atom. The molecule has 0 bridgehead atoms. The molecule has 1 aromatic heterocycles. The Labute approximate surface area is 248 Å². The van der Waals surface area contributed by atoms with Crippen molar-refractivity contribution in [2.24, 2.45) is 22.2 Å². The molecule has 1 aromatic carbocycles. The number of carboxylic acid groups (broad SMARTS) is 1. The van der Waals surface area contributed by atoms with Crippen LogP contribution in [0.5, 0.6) is 0 Å². The summed E-state index contributed by atoms with van der Waals surface area (Å²) in [5.41, 5.74) is -0.614. The van der Waals surface area contributed by atoms with Gasteiger partial charge in [0.15, 0.2) is 0 Å². The molecule has 11 heteroatoms. The highest BCUT2D eigenvalue weighted by molar-refractivity contribution is 6.46. The van der Waals surface area contributed by atoms with E-state index in [1.54, 1.807) is 17.0 Å². The van der Waals surface area contributed by atoms with Gasteiger partial charge in [0.2, 0.25) is 0 Å². The fraction of sp³-hybridized carbons (Fsp3) is 0.531. The zero-order chi connectivity index (χ0) is 31.2. The van der Waals surface area contributed by atoms with Gasteiger partial charge < -0.3 is 15.3 Å². The van der Waals surface area contributed by atoms with Crippen molar-refractivity contribution >= 4 is 23.5 Å². The highest BCUT2D eigenvalue weighted by Gasteiger charge is 2.55. The monoisotopic (exact) mass is 598 g/mol. The van der Waals surface area contributed by atoms with Gasteiger partial charge in [-0.25, -0.2) is 0 Å². The predicted octanol–water partition coefficient (Wildman–Crippen LogP) is 6.02. The van der Waals surface area contributed by atoms with Crippen molar-refractivity contribution in [3.63, 3.8) is 0 Å². The third-order valence-corrected chi connectivity index (χ3v) is 8.99. The first-order valence-electron chi connectivity index (χ1n) is 14.8. The Hall–Kier alpha value is -3.76. The topological polar surface area (TPSA) is 112 Å². The largest absolute Gasteiger partial charge is 0.481 e. The van der Waals surface area contributed by atoms with Crippen molar-refractivity contribution in [1.82, 2.24) is 15.2 Å². The van der Waals surface area contributed by atoms with E-state index in [0.29, 0.717) is 24.5 Å². The number of amides is 2. The Morgan fingerprint density at radius 1 is 1.09 bits per heavy atom. The molecule has 1 atom stereocenters. The minimum atomic E-state index is -4.55. The van der Waals surface area contributed by atoms with Gasteiger partial charge in [-0.2, -0.15) is 13.2 Å². The van der Waals surface area contributed by atoms with Crippen molar-refractivity contribution in [3.05, 3.63) is 65.0 Å². The number of carbonyl (C=O) groups is 3. The van der Waals surface area contributed by atoms with Crippen LogP contribution in [-0.4, -0.2) is 50.7 Å². The van der Waals surface area contributed by atoms with E-state index in [0.717, 1.165) is 37.8 Å². The molecular weight excluding hydrogens is 561 g/mol. The maximum absolute atomic E-state index is 14.3. The molecule has 3 aliphatic rings. The molecule has 0 saturated heterocycles. The van der Waals surface area contributed by atoms with Crippen LogP contribution < -0.4 is 5.32 Å². The average Bonchev–Trinajstić information content (AvgIpc) is 3.75. The lowest BCUT2D eigenvalue weighted by Gasteiger charge is -2.47. The number of hydrogen-bond donors (Lipinski definition) is 2. The summed E-state index contributed by atoms with van der Waals surface area (Å²) in [6, 6.07) is 7.66. The maximum Gasteiger partial charge on any atom is 0.416 e. The zero-order valence-corrected chi connectivity index (χ0v) is 24.6. The molecule has 1 spiro atoms. The number of rotatable bonds is 8. The number of aliphatic imine (C=N–C) groups is 1. The van der Waals surface area contributed by atoms with Crippen molar-refractivity contribution in [2.45, 2.75) is 83.6 Å². The highest BCUT2D eigenvalue weighted by Crippen LogP contribution is 2.53. The van der Waals surface area contributed by atoms with Gasteiger partial charge in [0.25, 0.3) is 11.8 Å². The van der Waals surface area contributed by atoms with E-state index >= 15 is 0 Å². The predicted molar refractivity (Wildman–Crippen MR) is 153 cm³/mol. The summed E-state index contributed by atoms with van der Waals surface area (Å²) < 4.78 is 40.8. The summed E-state index contributed by atoms with van der Waals surface area (Å²) >= 11 is 0. The van der Waals surface area contributed by atoms with Crippen LogP contribution >= 0.6 is 0 Å². The van der Waals surface area contributed by atoms with Gasteiger partial charge in [0.1, 0.15) is 11.4 Å². The lowest BCUT2D eigenvalue weighted by molar-refractivity contribution is -0.138. The number of pyridine rings is 1. The summed E-state index contributed by atoms with van der Waals surface area (Å²) in [6.45, 7) is 6.57. The number of hydrogen-bond acceptors (Lipinski definition) is 5. The number of benzene rings is 1. The van der Waals surface area contributed by atoms with E-state index < -0.39 is 41.2 Å². The number of carbonyl (C=O) groups excluding carboxylic acids is 2. The third-order valence-electron chi connectivity index (χ3n) is 8.99. The van der Waals surface area contributed by atoms with Crippen LogP contribution in [0.1, 0.15) is 98.9 Å². The second-order valence-electron chi connectivity index (χ2n) is 13.0. The van der Waals surface area contributed by atoms with Gasteiger partial charge in [-0.05, 0) is 80.0 Å². The first-order valence-corrected chi connectivity index (χ1v) is 14.8. The Bertz CT molecular complexity index is 1420. The molecule has 8 nitrogen and oxygen atoms in total. The van der Waals surface area contributed by atoms with Gasteiger partial charge in [-0.15, -0.1) is 0 Å². The first kappa shape index (κ1) is 30.7. The number of halogens is 3. The van der Waals surface area contributed by atoms with Crippen LogP contribution in [-0.2, 0) is 15.8 Å². The molecule has 1 aliphatic heterocycles. The maximum atomic E-state index is 14.3. The van der Waals surface area contributed by atoms with E-state index in [9.17, 15) is 27.6 Å². The molecule has 2 aliphatic carbocycles. The Morgan fingerprint density at radius 3 is 2.35 bits per heavy atom. The van der Waals surface area contributed by atoms with E-state index in [4.69, 9.17) is 10.1 Å². The molecule has 2 saturated carbocycles. The molecular formula is C32H37F3N4O4. The second kappa shape index (κ2) is 11.4. The molecule has 230 valence electrons. The minimum Gasteiger partial charge on any atom is -0.481 e. The molecule has 2 N–H and O–H groups in total. The fourth-order valence-electron chi connectivity index (χ4n) is 6.42. The van der Waals surface area contributed by atoms with Crippen molar-refractivity contribution in [1.29, 1.82) is 0 Å². The van der Waals surface area contributed by atoms with Crippen LogP contribution in [0.3, 0.4) is 0 Å². The number of aliphatic carboxylic acids is 1. The standard InChI is InChI=1S/C32H37F3N4O4/c1-30(2,3)22-11-14-31(15-12-22)38-26(20-5-4-6-23(17-20)32(33,34)35)29(43)39(31)27(19-7-8-19)24-10-9-21(18-37-24)28(42)36-16-13-25(40)41/h4-6,9-10,17-19,22,27H,7-8,11-16H2,1-3H3,(H,36,42)(H,40,41). The molecule has 1 unspecified atom stereocenters. The molecule has 2 heterocycles. The normalized spacial score (nSPS) is 23.3. The SMILES string of the molecule is CC(C)(C)C1CCC2(CC1)N=C(c1cccc(C(F)(F)F)c1)C(=O)N2C(c1ccc(C(=O)NCCC(=O)O)cn1)C1CC1. The van der Waals surface area contributed by atoms with Gasteiger partial charge in [-0.1, -0.05) is 32.9 Å². The van der Waals surface area contributed by atoms with E-state index in [1.165, 1.54) is 18.3 Å². The Kier molecular flexibility index (Phi) is 8.13. The summed E-state index contributed by atoms with van der Waals surface area (Å²) in [5, 5.41) is 11.4. The first-order chi connectivity index (χ1) is 20.2. The summed E-state index contributed by atoms with van der Waals surface area (Å²) in [6.07, 6.45) is 1.24. The Balaban J connectivity index is 1.49. The number of aromatic nitrogens is 1. The second-order valence-corrected chi connectivity index (χ2v) is 13.0. The number of alkyl halides is 3. The number of nitrogens with zero attached hydrogens (tertiary/aromatic N) is 3. The smallest absolute Gasteiger partial charge is 0.416 e. The zero-order valence-electron chi connectivity index (χ0n) is 24.6. The van der Waals surface area contributed by atoms with Crippen molar-refractivity contribution < 1.29 is 32.7 Å². The van der Waals surface area contributed by atoms with Gasteiger partial charge in [0, 0.05) is 18.3 Å². The summed E-state index contributed by atoms with van der Waals surface area (Å²) in [7, 11) is 0. The van der Waals surface area contributed by atoms with Crippen molar-refractivity contribution in [3.8, 4) is 0 Å². The molecule has 5 rings (SSSR count). The average molecular weight is 599 g/mol. The summed E-state index contributed by atoms with van der Waals surface area (Å²) in [5.74, 6) is -1.34. The molecule has 43 heavy (non-hydrogen) atoms. The van der Waals surface area contributed by atoms with Gasteiger partial charge in [0.05, 0.1) is 29.3 Å². The minimum absolute atomic E-state index is 0.0172. The molecule has 2 fully saturated rings. The third kappa shape index (κ3) is 6.45. The summed E-state index contributed by atoms with van der Waals surface area (Å²) in [4.78, 5) is 48.9. The van der Waals surface area contributed by atoms with Crippen LogP contribution in [0.15, 0.2) is 47.6 Å². The van der Waals surface area contributed by atoms with Crippen LogP contribution in [0.2, 0.25) is 0 Å². The number of carboxylic acids is 1. The number of nitrogens with one attached hydrogen (secondary N) is 1. The lowest BCUT2D eigenvalue weighted by atomic mass is 9.69. The van der Waals surface area contributed by atoms with Crippen molar-refractivity contribution in [2.75, 3.05) is 6.54 Å². The lowest BCUT2D eigenvalue weighted by Crippen LogP contribution is -2.52. The van der Waals surface area contributed by atoms with E-state index in [-0.39, 0.29) is 41.1 Å². The van der Waals surface area contributed by atoms with Gasteiger partial charge in [-0.3, -0.25) is 24.4 Å². The van der Waals surface area contributed by atoms with Crippen LogP contribution in [0, 0.1) is 17.3 Å². The highest BCUT2D eigenvalue weighted by atomic mass is 19.4. The quantitative estimate of drug-likeness (QED) is 0.386.